The highest BCUT2D eigenvalue weighted by atomic mass is 79.9. The number of nitrogens with zero attached hydrogens (tertiary/aromatic N) is 1. The van der Waals surface area contributed by atoms with Gasteiger partial charge in [0.1, 0.15) is 11.8 Å². The van der Waals surface area contributed by atoms with Crippen molar-refractivity contribution in [3.8, 4) is 17.2 Å². The first-order valence-corrected chi connectivity index (χ1v) is 13.3. The second-order valence-corrected chi connectivity index (χ2v) is 11.1. The minimum atomic E-state index is 0. The summed E-state index contributed by atoms with van der Waals surface area (Å²) >= 11 is 0. The molecular weight excluding hydrogens is 494 g/mol. The zero-order valence-corrected chi connectivity index (χ0v) is 23.1. The van der Waals surface area contributed by atoms with E-state index in [9.17, 15) is 4.79 Å². The van der Waals surface area contributed by atoms with Gasteiger partial charge >= 0.3 is 0 Å². The van der Waals surface area contributed by atoms with Gasteiger partial charge in [-0.05, 0) is 17.5 Å². The standard InChI is InChI=1S/C28H44NO4.BrH/c1-29(2)16-15-22-18-25-27(33-20-32-25)28(31-3)26(22)24(29)19-23(30)17-21-13-11-9-7-5-4-6-8-10-12-14-21;/h18,21,24H,4-17,19-20H2,1-3H3;1H/q+1;/p-1. The minimum absolute atomic E-state index is 0. The molecule has 1 atom stereocenters. The van der Waals surface area contributed by atoms with Gasteiger partial charge in [-0.15, -0.1) is 0 Å². The van der Waals surface area contributed by atoms with Crippen molar-refractivity contribution in [3.05, 3.63) is 17.2 Å². The quantitative estimate of drug-likeness (QED) is 0.540. The summed E-state index contributed by atoms with van der Waals surface area (Å²) in [6.45, 7) is 1.25. The summed E-state index contributed by atoms with van der Waals surface area (Å²) in [5.74, 6) is 3.21. The van der Waals surface area contributed by atoms with E-state index in [4.69, 9.17) is 14.2 Å². The van der Waals surface area contributed by atoms with E-state index in [1.54, 1.807) is 7.11 Å². The molecule has 4 rings (SSSR count). The average molecular weight is 539 g/mol. The molecule has 2 aliphatic heterocycles. The SMILES string of the molecule is COc1c2c(cc3c1C(CC(=O)CC1CCCCCCCCCCC1)[N+](C)(C)CC3)OCO2.[Br-]. The summed E-state index contributed by atoms with van der Waals surface area (Å²) in [7, 11) is 6.21. The van der Waals surface area contributed by atoms with Gasteiger partial charge in [-0.3, -0.25) is 4.79 Å². The van der Waals surface area contributed by atoms with Crippen LogP contribution in [0.3, 0.4) is 0 Å². The fourth-order valence-corrected chi connectivity index (χ4v) is 6.19. The molecule has 0 aromatic heterocycles. The average Bonchev–Trinajstić information content (AvgIpc) is 3.24. The van der Waals surface area contributed by atoms with Crippen LogP contribution in [0.25, 0.3) is 0 Å². The molecule has 0 amide bonds. The second-order valence-electron chi connectivity index (χ2n) is 11.1. The lowest BCUT2D eigenvalue weighted by Gasteiger charge is -2.43. The Balaban J connectivity index is 0.00000324. The number of hydrogen-bond acceptors (Lipinski definition) is 4. The van der Waals surface area contributed by atoms with Crippen LogP contribution in [0.4, 0.5) is 0 Å². The van der Waals surface area contributed by atoms with E-state index in [0.29, 0.717) is 23.9 Å². The van der Waals surface area contributed by atoms with Crippen LogP contribution in [0.1, 0.15) is 101 Å². The van der Waals surface area contributed by atoms with Crippen LogP contribution in [0.2, 0.25) is 0 Å². The van der Waals surface area contributed by atoms with E-state index < -0.39 is 0 Å². The number of quaternary nitrogens is 1. The molecule has 1 aromatic carbocycles. The lowest BCUT2D eigenvalue weighted by molar-refractivity contribution is -0.922. The van der Waals surface area contributed by atoms with Gasteiger partial charge in [-0.2, -0.15) is 0 Å². The summed E-state index contributed by atoms with van der Waals surface area (Å²) in [6, 6.07) is 2.21. The predicted octanol–water partition coefficient (Wildman–Crippen LogP) is 3.37. The molecule has 5 nitrogen and oxygen atoms in total. The summed E-state index contributed by atoms with van der Waals surface area (Å²) in [5, 5.41) is 0. The molecule has 0 spiro atoms. The van der Waals surface area contributed by atoms with Gasteiger partial charge in [-0.1, -0.05) is 70.6 Å². The fraction of sp³-hybridized carbons (Fsp3) is 0.750. The van der Waals surface area contributed by atoms with E-state index in [1.807, 2.05) is 0 Å². The van der Waals surface area contributed by atoms with Gasteiger partial charge in [0.2, 0.25) is 12.5 Å². The lowest BCUT2D eigenvalue weighted by Crippen LogP contribution is -3.00. The van der Waals surface area contributed by atoms with Gasteiger partial charge in [0, 0.05) is 12.8 Å². The monoisotopic (exact) mass is 537 g/mol. The molecule has 1 unspecified atom stereocenters. The van der Waals surface area contributed by atoms with E-state index >= 15 is 0 Å². The largest absolute Gasteiger partial charge is 1.00 e. The number of rotatable bonds is 5. The Kier molecular flexibility index (Phi) is 10.1. The number of methoxy groups -OCH3 is 1. The second kappa shape index (κ2) is 12.6. The fourth-order valence-electron chi connectivity index (χ4n) is 6.19. The maximum atomic E-state index is 13.5. The maximum absolute atomic E-state index is 13.5. The van der Waals surface area contributed by atoms with Gasteiger partial charge in [-0.25, -0.2) is 0 Å². The first-order valence-electron chi connectivity index (χ1n) is 13.3. The van der Waals surface area contributed by atoms with Crippen LogP contribution in [-0.4, -0.2) is 44.8 Å². The molecule has 192 valence electrons. The number of ketones is 1. The van der Waals surface area contributed by atoms with Gasteiger partial charge in [0.05, 0.1) is 39.7 Å². The van der Waals surface area contributed by atoms with Gasteiger partial charge in [0.25, 0.3) is 0 Å². The zero-order valence-electron chi connectivity index (χ0n) is 21.5. The Morgan fingerprint density at radius 2 is 1.59 bits per heavy atom. The predicted molar refractivity (Wildman–Crippen MR) is 131 cm³/mol. The van der Waals surface area contributed by atoms with Crippen LogP contribution >= 0.6 is 0 Å². The van der Waals surface area contributed by atoms with Crippen molar-refractivity contribution in [1.29, 1.82) is 0 Å². The number of carbonyl (C=O) groups excluding carboxylic acids is 1. The molecule has 34 heavy (non-hydrogen) atoms. The number of fused-ring (bicyclic) bond motifs is 2. The Hall–Kier alpha value is -1.27. The van der Waals surface area contributed by atoms with Crippen molar-refractivity contribution in [3.63, 3.8) is 0 Å². The molecule has 0 radical (unpaired) electrons. The number of likely N-dealkylation sites (N-methyl/N-ethyl adjacent to an activating group) is 1. The maximum Gasteiger partial charge on any atom is 0.231 e. The number of ether oxygens (including phenoxy) is 3. The van der Waals surface area contributed by atoms with Crippen molar-refractivity contribution in [2.75, 3.05) is 34.5 Å². The summed E-state index contributed by atoms with van der Waals surface area (Å²) in [4.78, 5) is 13.5. The first-order chi connectivity index (χ1) is 16.0. The number of carbonyl (C=O) groups is 1. The summed E-state index contributed by atoms with van der Waals surface area (Å²) in [5.41, 5.74) is 2.40. The Morgan fingerprint density at radius 1 is 0.971 bits per heavy atom. The van der Waals surface area contributed by atoms with Gasteiger partial charge in [0.15, 0.2) is 11.5 Å². The molecule has 0 N–H and O–H groups in total. The van der Waals surface area contributed by atoms with Crippen molar-refractivity contribution in [1.82, 2.24) is 0 Å². The number of halogens is 1. The van der Waals surface area contributed by atoms with Gasteiger partial charge < -0.3 is 35.7 Å². The van der Waals surface area contributed by atoms with E-state index in [1.165, 1.54) is 76.2 Å². The molecule has 0 saturated heterocycles. The highest BCUT2D eigenvalue weighted by Crippen LogP contribution is 2.51. The number of Topliss-reactive ketones (excluding diaryl/α,β-unsaturated/α-hetero) is 1. The third kappa shape index (κ3) is 6.48. The van der Waals surface area contributed by atoms with Crippen molar-refractivity contribution >= 4 is 5.78 Å². The molecule has 0 bridgehead atoms. The van der Waals surface area contributed by atoms with E-state index in [-0.39, 0.29) is 29.8 Å². The van der Waals surface area contributed by atoms with Crippen LogP contribution in [0.5, 0.6) is 17.2 Å². The van der Waals surface area contributed by atoms with E-state index in [0.717, 1.165) is 40.9 Å². The molecule has 1 aliphatic carbocycles. The van der Waals surface area contributed by atoms with E-state index in [2.05, 4.69) is 20.2 Å². The topological polar surface area (TPSA) is 44.8 Å². The van der Waals surface area contributed by atoms with Crippen molar-refractivity contribution in [2.45, 2.75) is 95.9 Å². The summed E-state index contributed by atoms with van der Waals surface area (Å²) in [6.07, 6.45) is 16.8. The van der Waals surface area contributed by atoms with Crippen molar-refractivity contribution < 1.29 is 40.5 Å². The molecule has 1 aromatic rings. The van der Waals surface area contributed by atoms with Crippen molar-refractivity contribution in [2.24, 2.45) is 5.92 Å². The number of hydrogen-bond donors (Lipinski definition) is 0. The highest BCUT2D eigenvalue weighted by molar-refractivity contribution is 5.80. The van der Waals surface area contributed by atoms with Crippen LogP contribution in [0, 0.1) is 5.92 Å². The lowest BCUT2D eigenvalue weighted by atomic mass is 9.84. The molecule has 6 heteroatoms. The Bertz CT molecular complexity index is 813. The first kappa shape index (κ1) is 27.3. The van der Waals surface area contributed by atoms with Crippen LogP contribution in [0.15, 0.2) is 6.07 Å². The minimum Gasteiger partial charge on any atom is -1.00 e. The molecule has 1 fully saturated rings. The normalized spacial score (nSPS) is 23.1. The highest BCUT2D eigenvalue weighted by Gasteiger charge is 2.42. The van der Waals surface area contributed by atoms with Crippen LogP contribution in [-0.2, 0) is 11.2 Å². The third-order valence-corrected chi connectivity index (χ3v) is 8.24. The zero-order chi connectivity index (χ0) is 23.3. The molecule has 1 saturated carbocycles. The Morgan fingerprint density at radius 3 is 2.21 bits per heavy atom. The summed E-state index contributed by atoms with van der Waals surface area (Å²) < 4.78 is 18.1. The smallest absolute Gasteiger partial charge is 0.231 e. The number of benzene rings is 1. The molecular formula is C28H44BrNO4. The molecule has 3 aliphatic rings. The van der Waals surface area contributed by atoms with Crippen LogP contribution < -0.4 is 31.2 Å². The Labute approximate surface area is 216 Å². The third-order valence-electron chi connectivity index (χ3n) is 8.24. The molecule has 2 heterocycles.